The van der Waals surface area contributed by atoms with Crippen molar-refractivity contribution in [3.05, 3.63) is 68.7 Å². The molecule has 0 fully saturated rings. The number of benzene rings is 2. The highest BCUT2D eigenvalue weighted by molar-refractivity contribution is 9.10. The molecule has 6 heteroatoms. The zero-order chi connectivity index (χ0) is 15.6. The van der Waals surface area contributed by atoms with E-state index in [-0.39, 0.29) is 16.6 Å². The molecule has 0 saturated carbocycles. The third-order valence-corrected chi connectivity index (χ3v) is 3.73. The first-order valence-electron chi connectivity index (χ1n) is 6.09. The van der Waals surface area contributed by atoms with Gasteiger partial charge in [0.25, 0.3) is 5.91 Å². The van der Waals surface area contributed by atoms with Gasteiger partial charge in [0, 0.05) is 4.47 Å². The summed E-state index contributed by atoms with van der Waals surface area (Å²) >= 11 is 8.79. The number of hydrogen-bond donors (Lipinski definition) is 1. The highest BCUT2D eigenvalue weighted by atomic mass is 79.9. The SMILES string of the molecule is CC(NC(=O)c1cc(F)c(Cl)cc1F)c1cccc(Br)c1. The smallest absolute Gasteiger partial charge is 0.254 e. The quantitative estimate of drug-likeness (QED) is 0.763. The fraction of sp³-hybridized carbons (Fsp3) is 0.133. The molecule has 0 heterocycles. The van der Waals surface area contributed by atoms with Crippen LogP contribution in [0.2, 0.25) is 5.02 Å². The van der Waals surface area contributed by atoms with Gasteiger partial charge < -0.3 is 5.32 Å². The van der Waals surface area contributed by atoms with Crippen molar-refractivity contribution in [2.45, 2.75) is 13.0 Å². The molecule has 0 spiro atoms. The van der Waals surface area contributed by atoms with Crippen molar-refractivity contribution in [3.63, 3.8) is 0 Å². The van der Waals surface area contributed by atoms with E-state index < -0.39 is 17.5 Å². The van der Waals surface area contributed by atoms with E-state index >= 15 is 0 Å². The number of carbonyl (C=O) groups excluding carboxylic acids is 1. The summed E-state index contributed by atoms with van der Waals surface area (Å²) in [4.78, 5) is 12.0. The summed E-state index contributed by atoms with van der Waals surface area (Å²) in [6.07, 6.45) is 0. The molecular weight excluding hydrogens is 364 g/mol. The van der Waals surface area contributed by atoms with Gasteiger partial charge in [-0.1, -0.05) is 39.7 Å². The first-order chi connectivity index (χ1) is 9.88. The van der Waals surface area contributed by atoms with Gasteiger partial charge in [-0.15, -0.1) is 0 Å². The molecular formula is C15H11BrClF2NO. The highest BCUT2D eigenvalue weighted by Gasteiger charge is 2.17. The second kappa shape index (κ2) is 6.54. The van der Waals surface area contributed by atoms with Crippen LogP contribution in [0, 0.1) is 11.6 Å². The predicted octanol–water partition coefficient (Wildman–Crippen LogP) is 4.87. The van der Waals surface area contributed by atoms with Gasteiger partial charge in [-0.2, -0.15) is 0 Å². The van der Waals surface area contributed by atoms with Crippen LogP contribution >= 0.6 is 27.5 Å². The fourth-order valence-corrected chi connectivity index (χ4v) is 2.40. The first-order valence-corrected chi connectivity index (χ1v) is 7.26. The van der Waals surface area contributed by atoms with Crippen LogP contribution in [0.15, 0.2) is 40.9 Å². The Morgan fingerprint density at radius 3 is 2.62 bits per heavy atom. The Labute approximate surface area is 134 Å². The number of nitrogens with one attached hydrogen (secondary N) is 1. The van der Waals surface area contributed by atoms with Crippen LogP contribution in [0.25, 0.3) is 0 Å². The molecule has 0 aliphatic rings. The van der Waals surface area contributed by atoms with Crippen molar-refractivity contribution in [2.24, 2.45) is 0 Å². The highest BCUT2D eigenvalue weighted by Crippen LogP contribution is 2.21. The van der Waals surface area contributed by atoms with Crippen LogP contribution < -0.4 is 5.32 Å². The average Bonchev–Trinajstić information content (AvgIpc) is 2.42. The van der Waals surface area contributed by atoms with Crippen LogP contribution in [0.5, 0.6) is 0 Å². The average molecular weight is 375 g/mol. The molecule has 1 N–H and O–H groups in total. The summed E-state index contributed by atoms with van der Waals surface area (Å²) in [5.41, 5.74) is 0.464. The van der Waals surface area contributed by atoms with Crippen molar-refractivity contribution in [1.29, 1.82) is 0 Å². The molecule has 2 rings (SSSR count). The van der Waals surface area contributed by atoms with Gasteiger partial charge in [0.2, 0.25) is 0 Å². The van der Waals surface area contributed by atoms with E-state index in [9.17, 15) is 13.6 Å². The van der Waals surface area contributed by atoms with Crippen LogP contribution in [0.3, 0.4) is 0 Å². The minimum Gasteiger partial charge on any atom is -0.345 e. The summed E-state index contributed by atoms with van der Waals surface area (Å²) in [5, 5.41) is 2.26. The van der Waals surface area contributed by atoms with E-state index in [1.807, 2.05) is 24.3 Å². The molecule has 0 saturated heterocycles. The Morgan fingerprint density at radius 1 is 1.24 bits per heavy atom. The summed E-state index contributed by atoms with van der Waals surface area (Å²) < 4.78 is 27.9. The van der Waals surface area contributed by atoms with Crippen LogP contribution in [-0.2, 0) is 0 Å². The molecule has 1 unspecified atom stereocenters. The first kappa shape index (κ1) is 15.9. The van der Waals surface area contributed by atoms with Gasteiger partial charge in [-0.05, 0) is 36.8 Å². The fourth-order valence-electron chi connectivity index (χ4n) is 1.83. The number of carbonyl (C=O) groups is 1. The second-order valence-electron chi connectivity index (χ2n) is 4.50. The monoisotopic (exact) mass is 373 g/mol. The topological polar surface area (TPSA) is 29.1 Å². The lowest BCUT2D eigenvalue weighted by Crippen LogP contribution is -2.27. The molecule has 0 aromatic heterocycles. The molecule has 0 bridgehead atoms. The molecule has 2 nitrogen and oxygen atoms in total. The van der Waals surface area contributed by atoms with E-state index in [1.54, 1.807) is 6.92 Å². The molecule has 2 aromatic carbocycles. The lowest BCUT2D eigenvalue weighted by Gasteiger charge is -2.15. The summed E-state index contributed by atoms with van der Waals surface area (Å²) in [6.45, 7) is 1.75. The van der Waals surface area contributed by atoms with Crippen molar-refractivity contribution in [1.82, 2.24) is 5.32 Å². The number of halogens is 4. The zero-order valence-corrected chi connectivity index (χ0v) is 13.3. The maximum atomic E-state index is 13.7. The van der Waals surface area contributed by atoms with E-state index in [0.29, 0.717) is 0 Å². The third kappa shape index (κ3) is 3.80. The molecule has 1 amide bonds. The zero-order valence-electron chi connectivity index (χ0n) is 11.0. The predicted molar refractivity (Wildman–Crippen MR) is 81.4 cm³/mol. The number of amides is 1. The van der Waals surface area contributed by atoms with Crippen molar-refractivity contribution < 1.29 is 13.6 Å². The van der Waals surface area contributed by atoms with Gasteiger partial charge >= 0.3 is 0 Å². The van der Waals surface area contributed by atoms with E-state index in [2.05, 4.69) is 21.2 Å². The molecule has 1 atom stereocenters. The summed E-state index contributed by atoms with van der Waals surface area (Å²) in [7, 11) is 0. The number of hydrogen-bond acceptors (Lipinski definition) is 1. The molecule has 21 heavy (non-hydrogen) atoms. The van der Waals surface area contributed by atoms with Gasteiger partial charge in [-0.25, -0.2) is 8.78 Å². The van der Waals surface area contributed by atoms with Crippen LogP contribution in [0.4, 0.5) is 8.78 Å². The Balaban J connectivity index is 2.20. The Kier molecular flexibility index (Phi) is 4.96. The van der Waals surface area contributed by atoms with Gasteiger partial charge in [0.1, 0.15) is 11.6 Å². The van der Waals surface area contributed by atoms with E-state index in [1.165, 1.54) is 0 Å². The summed E-state index contributed by atoms with van der Waals surface area (Å²) in [6, 6.07) is 8.57. The van der Waals surface area contributed by atoms with E-state index in [4.69, 9.17) is 11.6 Å². The molecule has 0 aliphatic carbocycles. The Morgan fingerprint density at radius 2 is 1.95 bits per heavy atom. The molecule has 110 valence electrons. The molecule has 0 aliphatic heterocycles. The largest absolute Gasteiger partial charge is 0.345 e. The maximum Gasteiger partial charge on any atom is 0.254 e. The van der Waals surface area contributed by atoms with E-state index in [0.717, 1.165) is 22.2 Å². The standard InChI is InChI=1S/C15H11BrClF2NO/c1-8(9-3-2-4-10(16)5-9)20-15(21)11-6-14(19)12(17)7-13(11)18/h2-8H,1H3,(H,20,21). The van der Waals surface area contributed by atoms with Crippen molar-refractivity contribution in [3.8, 4) is 0 Å². The van der Waals surface area contributed by atoms with Crippen molar-refractivity contribution >= 4 is 33.4 Å². The van der Waals surface area contributed by atoms with Gasteiger partial charge in [0.05, 0.1) is 16.6 Å². The maximum absolute atomic E-state index is 13.7. The third-order valence-electron chi connectivity index (χ3n) is 2.95. The van der Waals surface area contributed by atoms with Crippen LogP contribution in [0.1, 0.15) is 28.9 Å². The minimum absolute atomic E-state index is 0.354. The lowest BCUT2D eigenvalue weighted by atomic mass is 10.1. The van der Waals surface area contributed by atoms with Crippen LogP contribution in [-0.4, -0.2) is 5.91 Å². The Bertz CT molecular complexity index is 693. The molecule has 2 aromatic rings. The minimum atomic E-state index is -0.861. The van der Waals surface area contributed by atoms with Gasteiger partial charge in [-0.3, -0.25) is 4.79 Å². The van der Waals surface area contributed by atoms with Crippen molar-refractivity contribution in [2.75, 3.05) is 0 Å². The number of rotatable bonds is 3. The normalized spacial score (nSPS) is 12.0. The summed E-state index contributed by atoms with van der Waals surface area (Å²) in [5.74, 6) is -2.39. The van der Waals surface area contributed by atoms with Gasteiger partial charge in [0.15, 0.2) is 0 Å². The molecule has 0 radical (unpaired) electrons. The lowest BCUT2D eigenvalue weighted by molar-refractivity contribution is 0.0935. The second-order valence-corrected chi connectivity index (χ2v) is 5.82. The Hall–Kier alpha value is -1.46.